The molecular formula is C22H33FN4O2. The molecule has 1 aromatic rings. The number of hydrogen-bond acceptors (Lipinski definition) is 3. The maximum absolute atomic E-state index is 13.0. The van der Waals surface area contributed by atoms with Crippen LogP contribution in [0.15, 0.2) is 29.3 Å². The zero-order chi connectivity index (χ0) is 20.6. The van der Waals surface area contributed by atoms with E-state index in [0.717, 1.165) is 32.4 Å². The van der Waals surface area contributed by atoms with Crippen LogP contribution in [0.25, 0.3) is 0 Å². The monoisotopic (exact) mass is 404 g/mol. The Kier molecular flexibility index (Phi) is 7.72. The van der Waals surface area contributed by atoms with E-state index < -0.39 is 0 Å². The molecule has 0 radical (unpaired) electrons. The predicted octanol–water partition coefficient (Wildman–Crippen LogP) is 2.94. The van der Waals surface area contributed by atoms with Crippen LogP contribution < -0.4 is 15.4 Å². The fraction of sp³-hybridized carbons (Fsp3) is 0.636. The minimum Gasteiger partial charge on any atom is -0.489 e. The van der Waals surface area contributed by atoms with Crippen LogP contribution >= 0.6 is 0 Å². The molecule has 1 saturated carbocycles. The van der Waals surface area contributed by atoms with Crippen molar-refractivity contribution in [3.63, 3.8) is 0 Å². The third-order valence-corrected chi connectivity index (χ3v) is 5.73. The Bertz CT molecular complexity index is 689. The van der Waals surface area contributed by atoms with E-state index >= 15 is 0 Å². The number of halogens is 1. The number of hydrogen-bond donors (Lipinski definition) is 2. The number of nitrogens with one attached hydrogen (secondary N) is 2. The molecule has 2 N–H and O–H groups in total. The van der Waals surface area contributed by atoms with Gasteiger partial charge in [0.25, 0.3) is 0 Å². The molecule has 3 rings (SSSR count). The summed E-state index contributed by atoms with van der Waals surface area (Å²) in [6, 6.07) is 6.22. The molecule has 7 heteroatoms. The molecule has 0 bridgehead atoms. The highest BCUT2D eigenvalue weighted by molar-refractivity contribution is 5.81. The van der Waals surface area contributed by atoms with Gasteiger partial charge in [0.2, 0.25) is 5.91 Å². The highest BCUT2D eigenvalue weighted by Gasteiger charge is 2.31. The predicted molar refractivity (Wildman–Crippen MR) is 113 cm³/mol. The Morgan fingerprint density at radius 3 is 2.66 bits per heavy atom. The summed E-state index contributed by atoms with van der Waals surface area (Å²) in [5.74, 6) is 1.62. The Morgan fingerprint density at radius 1 is 1.24 bits per heavy atom. The number of likely N-dealkylation sites (tertiary alicyclic amines) is 1. The van der Waals surface area contributed by atoms with E-state index in [0.29, 0.717) is 24.2 Å². The van der Waals surface area contributed by atoms with Crippen molar-refractivity contribution in [1.82, 2.24) is 15.5 Å². The fourth-order valence-corrected chi connectivity index (χ4v) is 4.10. The van der Waals surface area contributed by atoms with E-state index in [1.54, 1.807) is 19.2 Å². The van der Waals surface area contributed by atoms with E-state index in [1.165, 1.54) is 31.4 Å². The molecule has 0 spiro atoms. The normalized spacial score (nSPS) is 21.7. The van der Waals surface area contributed by atoms with Crippen LogP contribution in [0.2, 0.25) is 0 Å². The Balaban J connectivity index is 1.40. The van der Waals surface area contributed by atoms with Crippen LogP contribution in [0.1, 0.15) is 45.4 Å². The maximum atomic E-state index is 13.0. The number of amides is 1. The lowest BCUT2D eigenvalue weighted by atomic mass is 9.88. The van der Waals surface area contributed by atoms with Crippen molar-refractivity contribution in [3.05, 3.63) is 30.1 Å². The summed E-state index contributed by atoms with van der Waals surface area (Å²) in [6.07, 6.45) is 6.54. The average molecular weight is 405 g/mol. The minimum absolute atomic E-state index is 0.105. The molecule has 29 heavy (non-hydrogen) atoms. The number of nitrogens with zero attached hydrogens (tertiary/aromatic N) is 2. The summed E-state index contributed by atoms with van der Waals surface area (Å²) in [6.45, 7) is 4.06. The first-order valence-corrected chi connectivity index (χ1v) is 10.7. The lowest BCUT2D eigenvalue weighted by Crippen LogP contribution is -2.47. The topological polar surface area (TPSA) is 66.0 Å². The van der Waals surface area contributed by atoms with E-state index in [-0.39, 0.29) is 23.9 Å². The summed E-state index contributed by atoms with van der Waals surface area (Å²) in [5.41, 5.74) is 0. The molecule has 1 heterocycles. The van der Waals surface area contributed by atoms with Crippen molar-refractivity contribution in [1.29, 1.82) is 0 Å². The molecule has 1 aromatic carbocycles. The first-order chi connectivity index (χ1) is 14.0. The molecule has 2 unspecified atom stereocenters. The molecule has 2 atom stereocenters. The number of aliphatic imine (C=N–C) groups is 1. The number of ether oxygens (including phenoxy) is 1. The minimum atomic E-state index is -0.277. The van der Waals surface area contributed by atoms with E-state index in [2.05, 4.69) is 15.6 Å². The maximum Gasteiger partial charge on any atom is 0.225 e. The Hall–Kier alpha value is -2.31. The smallest absolute Gasteiger partial charge is 0.225 e. The number of benzene rings is 1. The number of carbonyl (C=O) groups excluding carboxylic acids is 1. The van der Waals surface area contributed by atoms with Crippen LogP contribution in [0, 0.1) is 11.7 Å². The molecule has 160 valence electrons. The molecule has 2 fully saturated rings. The van der Waals surface area contributed by atoms with Gasteiger partial charge in [-0.3, -0.25) is 9.79 Å². The van der Waals surface area contributed by atoms with Crippen LogP contribution in [-0.4, -0.2) is 55.6 Å². The zero-order valence-corrected chi connectivity index (χ0v) is 17.5. The second-order valence-electron chi connectivity index (χ2n) is 8.08. The van der Waals surface area contributed by atoms with Crippen molar-refractivity contribution < 1.29 is 13.9 Å². The summed E-state index contributed by atoms with van der Waals surface area (Å²) in [4.78, 5) is 19.0. The highest BCUT2D eigenvalue weighted by atomic mass is 19.1. The molecule has 1 aliphatic heterocycles. The van der Waals surface area contributed by atoms with Gasteiger partial charge in [0.15, 0.2) is 5.96 Å². The van der Waals surface area contributed by atoms with E-state index in [1.807, 2.05) is 11.8 Å². The van der Waals surface area contributed by atoms with Crippen molar-refractivity contribution in [3.8, 4) is 5.75 Å². The van der Waals surface area contributed by atoms with Gasteiger partial charge in [-0.25, -0.2) is 4.39 Å². The van der Waals surface area contributed by atoms with Crippen LogP contribution in [0.5, 0.6) is 5.75 Å². The van der Waals surface area contributed by atoms with Gasteiger partial charge in [0, 0.05) is 32.1 Å². The molecule has 2 aliphatic rings. The van der Waals surface area contributed by atoms with Crippen LogP contribution in [0.3, 0.4) is 0 Å². The van der Waals surface area contributed by atoms with Gasteiger partial charge in [-0.2, -0.15) is 0 Å². The van der Waals surface area contributed by atoms with E-state index in [4.69, 9.17) is 4.74 Å². The third kappa shape index (κ3) is 6.34. The largest absolute Gasteiger partial charge is 0.489 e. The average Bonchev–Trinajstić information content (AvgIpc) is 3.21. The van der Waals surface area contributed by atoms with Crippen molar-refractivity contribution in [2.24, 2.45) is 10.9 Å². The van der Waals surface area contributed by atoms with Gasteiger partial charge in [-0.1, -0.05) is 19.3 Å². The first kappa shape index (κ1) is 21.4. The highest BCUT2D eigenvalue weighted by Crippen LogP contribution is 2.26. The van der Waals surface area contributed by atoms with Crippen molar-refractivity contribution >= 4 is 11.9 Å². The molecular weight excluding hydrogens is 371 g/mol. The molecule has 0 aromatic heterocycles. The second kappa shape index (κ2) is 10.5. The van der Waals surface area contributed by atoms with Crippen LogP contribution in [0.4, 0.5) is 4.39 Å². The van der Waals surface area contributed by atoms with Gasteiger partial charge in [-0.05, 0) is 50.5 Å². The third-order valence-electron chi connectivity index (χ3n) is 5.73. The SMILES string of the molecule is CN=C(NCC(C)Oc1ccc(F)cc1)NC1CCN(C(=O)C2CCCCC2)C1. The lowest BCUT2D eigenvalue weighted by molar-refractivity contribution is -0.135. The number of carbonyl (C=O) groups is 1. The zero-order valence-electron chi connectivity index (χ0n) is 17.5. The van der Waals surface area contributed by atoms with Crippen molar-refractivity contribution in [2.75, 3.05) is 26.7 Å². The van der Waals surface area contributed by atoms with E-state index in [9.17, 15) is 9.18 Å². The quantitative estimate of drug-likeness (QED) is 0.565. The van der Waals surface area contributed by atoms with Gasteiger partial charge in [0.05, 0.1) is 6.54 Å². The molecule has 1 aliphatic carbocycles. The summed E-state index contributed by atoms with van der Waals surface area (Å²) >= 11 is 0. The summed E-state index contributed by atoms with van der Waals surface area (Å²) < 4.78 is 18.8. The van der Waals surface area contributed by atoms with Gasteiger partial charge < -0.3 is 20.3 Å². The standard InChI is InChI=1S/C22H33FN4O2/c1-16(29-20-10-8-18(23)9-11-20)14-25-22(24-2)26-19-12-13-27(15-19)21(28)17-6-4-3-5-7-17/h8-11,16-17,19H,3-7,12-15H2,1-2H3,(H2,24,25,26). The Morgan fingerprint density at radius 2 is 1.97 bits per heavy atom. The number of rotatable bonds is 6. The van der Waals surface area contributed by atoms with Gasteiger partial charge in [-0.15, -0.1) is 0 Å². The molecule has 1 amide bonds. The molecule has 6 nitrogen and oxygen atoms in total. The molecule has 1 saturated heterocycles. The first-order valence-electron chi connectivity index (χ1n) is 10.7. The van der Waals surface area contributed by atoms with Gasteiger partial charge >= 0.3 is 0 Å². The number of guanidine groups is 1. The van der Waals surface area contributed by atoms with Crippen molar-refractivity contribution in [2.45, 2.75) is 57.6 Å². The Labute approximate surface area is 172 Å². The second-order valence-corrected chi connectivity index (χ2v) is 8.08. The van der Waals surface area contributed by atoms with Gasteiger partial charge in [0.1, 0.15) is 17.7 Å². The fourth-order valence-electron chi connectivity index (χ4n) is 4.10. The summed E-state index contributed by atoms with van der Waals surface area (Å²) in [7, 11) is 1.74. The van der Waals surface area contributed by atoms with Crippen LogP contribution in [-0.2, 0) is 4.79 Å². The summed E-state index contributed by atoms with van der Waals surface area (Å²) in [5, 5.41) is 6.69. The lowest BCUT2D eigenvalue weighted by Gasteiger charge is -2.26.